The Morgan fingerprint density at radius 1 is 0.897 bits per heavy atom. The monoisotopic (exact) mass is 451 g/mol. The van der Waals surface area contributed by atoms with Crippen LogP contribution in [0.1, 0.15) is 15.9 Å². The van der Waals surface area contributed by atoms with Crippen molar-refractivity contribution in [2.75, 3.05) is 24.2 Å². The zero-order valence-electron chi connectivity index (χ0n) is 16.1. The molecule has 0 aromatic heterocycles. The van der Waals surface area contributed by atoms with E-state index in [1.54, 1.807) is 36.2 Å². The highest BCUT2D eigenvalue weighted by atomic mass is 79.9. The summed E-state index contributed by atoms with van der Waals surface area (Å²) in [4.78, 5) is 26.6. The molecule has 2 amide bonds. The Hall–Kier alpha value is -3.12. The number of halogens is 1. The van der Waals surface area contributed by atoms with E-state index in [4.69, 9.17) is 0 Å². The van der Waals surface area contributed by atoms with Crippen molar-refractivity contribution >= 4 is 39.1 Å². The molecule has 6 heteroatoms. The predicted molar refractivity (Wildman–Crippen MR) is 120 cm³/mol. The first kappa shape index (κ1) is 20.6. The fourth-order valence-corrected chi connectivity index (χ4v) is 3.26. The topological polar surface area (TPSA) is 61.4 Å². The van der Waals surface area contributed by atoms with Crippen LogP contribution in [0.2, 0.25) is 0 Å². The Bertz CT molecular complexity index is 992. The summed E-state index contributed by atoms with van der Waals surface area (Å²) in [5, 5.41) is 5.90. The molecule has 3 rings (SSSR count). The van der Waals surface area contributed by atoms with Crippen LogP contribution in [0.3, 0.4) is 0 Å². The van der Waals surface area contributed by atoms with Crippen molar-refractivity contribution < 1.29 is 9.59 Å². The number of rotatable bonds is 7. The van der Waals surface area contributed by atoms with Crippen LogP contribution in [0.4, 0.5) is 11.4 Å². The molecule has 0 saturated carbocycles. The standard InChI is InChI=1S/C23H22BrN3O2/c1-27(16-17-7-3-2-4-8-17)23(29)18-9-5-12-21(13-18)26-22(28)15-25-20-11-6-10-19(24)14-20/h2-14,25H,15-16H2,1H3,(H,26,28). The van der Waals surface area contributed by atoms with Crippen LogP contribution in [-0.4, -0.2) is 30.3 Å². The largest absolute Gasteiger partial charge is 0.376 e. The van der Waals surface area contributed by atoms with Crippen molar-refractivity contribution in [2.45, 2.75) is 6.54 Å². The maximum absolute atomic E-state index is 12.7. The first-order chi connectivity index (χ1) is 14.0. The second-order valence-electron chi connectivity index (χ2n) is 6.64. The minimum atomic E-state index is -0.188. The van der Waals surface area contributed by atoms with Crippen molar-refractivity contribution in [3.05, 3.63) is 94.5 Å². The molecule has 0 unspecified atom stereocenters. The van der Waals surface area contributed by atoms with Gasteiger partial charge in [0, 0.05) is 35.0 Å². The van der Waals surface area contributed by atoms with Crippen molar-refractivity contribution in [2.24, 2.45) is 0 Å². The zero-order valence-corrected chi connectivity index (χ0v) is 17.6. The average molecular weight is 452 g/mol. The van der Waals surface area contributed by atoms with Gasteiger partial charge in [0.1, 0.15) is 0 Å². The van der Waals surface area contributed by atoms with Gasteiger partial charge in [-0.25, -0.2) is 0 Å². The summed E-state index contributed by atoms with van der Waals surface area (Å²) < 4.78 is 0.939. The summed E-state index contributed by atoms with van der Waals surface area (Å²) in [6, 6.07) is 24.4. The van der Waals surface area contributed by atoms with E-state index in [1.807, 2.05) is 54.6 Å². The molecule has 0 saturated heterocycles. The van der Waals surface area contributed by atoms with E-state index >= 15 is 0 Å². The van der Waals surface area contributed by atoms with E-state index in [-0.39, 0.29) is 18.4 Å². The molecule has 5 nitrogen and oxygen atoms in total. The highest BCUT2D eigenvalue weighted by Crippen LogP contribution is 2.16. The second-order valence-corrected chi connectivity index (χ2v) is 7.56. The van der Waals surface area contributed by atoms with Gasteiger partial charge in [-0.15, -0.1) is 0 Å². The maximum atomic E-state index is 12.7. The average Bonchev–Trinajstić information content (AvgIpc) is 2.73. The number of hydrogen-bond donors (Lipinski definition) is 2. The fraction of sp³-hybridized carbons (Fsp3) is 0.130. The molecule has 0 aliphatic heterocycles. The summed E-state index contributed by atoms with van der Waals surface area (Å²) in [6.45, 7) is 0.648. The van der Waals surface area contributed by atoms with Gasteiger partial charge in [-0.05, 0) is 42.0 Å². The molecular weight excluding hydrogens is 430 g/mol. The molecule has 0 bridgehead atoms. The van der Waals surface area contributed by atoms with Gasteiger partial charge in [0.05, 0.1) is 6.54 Å². The Morgan fingerprint density at radius 3 is 2.38 bits per heavy atom. The Labute approximate surface area is 178 Å². The molecule has 3 aromatic carbocycles. The quantitative estimate of drug-likeness (QED) is 0.543. The number of carbonyl (C=O) groups excluding carboxylic acids is 2. The van der Waals surface area contributed by atoms with Gasteiger partial charge in [-0.3, -0.25) is 9.59 Å². The number of amides is 2. The lowest BCUT2D eigenvalue weighted by Crippen LogP contribution is -2.26. The first-order valence-electron chi connectivity index (χ1n) is 9.20. The van der Waals surface area contributed by atoms with E-state index in [1.165, 1.54) is 0 Å². The fourth-order valence-electron chi connectivity index (χ4n) is 2.87. The number of nitrogens with zero attached hydrogens (tertiary/aromatic N) is 1. The van der Waals surface area contributed by atoms with E-state index in [0.29, 0.717) is 17.8 Å². The van der Waals surface area contributed by atoms with Gasteiger partial charge < -0.3 is 15.5 Å². The molecule has 0 aliphatic carbocycles. The molecule has 0 heterocycles. The zero-order chi connectivity index (χ0) is 20.6. The van der Waals surface area contributed by atoms with Gasteiger partial charge >= 0.3 is 0 Å². The van der Waals surface area contributed by atoms with E-state index in [0.717, 1.165) is 15.7 Å². The van der Waals surface area contributed by atoms with Crippen molar-refractivity contribution in [1.29, 1.82) is 0 Å². The summed E-state index contributed by atoms with van der Waals surface area (Å²) in [5.74, 6) is -0.288. The Morgan fingerprint density at radius 2 is 1.62 bits per heavy atom. The Balaban J connectivity index is 1.58. The minimum Gasteiger partial charge on any atom is -0.376 e. The molecule has 2 N–H and O–H groups in total. The van der Waals surface area contributed by atoms with Crippen LogP contribution < -0.4 is 10.6 Å². The van der Waals surface area contributed by atoms with Crippen LogP contribution in [0, 0.1) is 0 Å². The second kappa shape index (κ2) is 9.89. The van der Waals surface area contributed by atoms with Crippen molar-refractivity contribution in [3.63, 3.8) is 0 Å². The van der Waals surface area contributed by atoms with E-state index < -0.39 is 0 Å². The lowest BCUT2D eigenvalue weighted by molar-refractivity contribution is -0.114. The van der Waals surface area contributed by atoms with Crippen molar-refractivity contribution in [3.8, 4) is 0 Å². The van der Waals surface area contributed by atoms with Gasteiger partial charge in [0.15, 0.2) is 0 Å². The highest BCUT2D eigenvalue weighted by Gasteiger charge is 2.13. The van der Waals surface area contributed by atoms with Gasteiger partial charge in [0.2, 0.25) is 5.91 Å². The molecule has 3 aromatic rings. The predicted octanol–water partition coefficient (Wildman–Crippen LogP) is 4.77. The van der Waals surface area contributed by atoms with Gasteiger partial charge in [-0.1, -0.05) is 58.4 Å². The molecule has 29 heavy (non-hydrogen) atoms. The van der Waals surface area contributed by atoms with Crippen LogP contribution in [0.5, 0.6) is 0 Å². The maximum Gasteiger partial charge on any atom is 0.253 e. The first-order valence-corrected chi connectivity index (χ1v) is 9.99. The molecular formula is C23H22BrN3O2. The van der Waals surface area contributed by atoms with Crippen molar-refractivity contribution in [1.82, 2.24) is 4.90 Å². The number of anilines is 2. The number of benzene rings is 3. The van der Waals surface area contributed by atoms with Crippen LogP contribution in [0.25, 0.3) is 0 Å². The summed E-state index contributed by atoms with van der Waals surface area (Å²) in [5.41, 5.74) is 3.03. The van der Waals surface area contributed by atoms with Crippen LogP contribution >= 0.6 is 15.9 Å². The molecule has 0 radical (unpaired) electrons. The molecule has 148 valence electrons. The van der Waals surface area contributed by atoms with Gasteiger partial charge in [-0.2, -0.15) is 0 Å². The lowest BCUT2D eigenvalue weighted by atomic mass is 10.1. The normalized spacial score (nSPS) is 10.3. The SMILES string of the molecule is CN(Cc1ccccc1)C(=O)c1cccc(NC(=O)CNc2cccc(Br)c2)c1. The molecule has 0 spiro atoms. The van der Waals surface area contributed by atoms with E-state index in [9.17, 15) is 9.59 Å². The number of hydrogen-bond acceptors (Lipinski definition) is 3. The molecule has 0 atom stereocenters. The van der Waals surface area contributed by atoms with Crippen LogP contribution in [-0.2, 0) is 11.3 Å². The summed E-state index contributed by atoms with van der Waals surface area (Å²) in [6.07, 6.45) is 0. The Kier molecular flexibility index (Phi) is 7.03. The summed E-state index contributed by atoms with van der Waals surface area (Å²) in [7, 11) is 1.77. The third-order valence-corrected chi connectivity index (χ3v) is 4.77. The third kappa shape index (κ3) is 6.19. The number of nitrogens with one attached hydrogen (secondary N) is 2. The molecule has 0 aliphatic rings. The number of carbonyl (C=O) groups is 2. The van der Waals surface area contributed by atoms with E-state index in [2.05, 4.69) is 26.6 Å². The smallest absolute Gasteiger partial charge is 0.253 e. The third-order valence-electron chi connectivity index (χ3n) is 4.28. The summed E-state index contributed by atoms with van der Waals surface area (Å²) >= 11 is 3.40. The van der Waals surface area contributed by atoms with Crippen LogP contribution in [0.15, 0.2) is 83.3 Å². The van der Waals surface area contributed by atoms with Gasteiger partial charge in [0.25, 0.3) is 5.91 Å². The minimum absolute atomic E-state index is 0.0998. The highest BCUT2D eigenvalue weighted by molar-refractivity contribution is 9.10. The molecule has 0 fully saturated rings. The lowest BCUT2D eigenvalue weighted by Gasteiger charge is -2.18.